The molecule has 0 bridgehead atoms. The third-order valence-electron chi connectivity index (χ3n) is 2.91. The Morgan fingerprint density at radius 3 is 2.93 bits per heavy atom. The summed E-state index contributed by atoms with van der Waals surface area (Å²) in [7, 11) is 0. The molecule has 1 aromatic heterocycles. The third-order valence-corrected chi connectivity index (χ3v) is 4.10. The van der Waals surface area contributed by atoms with Crippen LogP contribution in [0.5, 0.6) is 0 Å². The molecule has 0 N–H and O–H groups in total. The lowest BCUT2D eigenvalue weighted by Gasteiger charge is -2.21. The molecule has 2 nitrogen and oxygen atoms in total. The highest BCUT2D eigenvalue weighted by Crippen LogP contribution is 2.39. The number of aromatic nitrogens is 1. The summed E-state index contributed by atoms with van der Waals surface area (Å²) >= 11 is 3.50. The predicted molar refractivity (Wildman–Crippen MR) is 64.2 cm³/mol. The molecule has 0 spiro atoms. The summed E-state index contributed by atoms with van der Waals surface area (Å²) in [5.74, 6) is 0. The first-order valence-corrected chi connectivity index (χ1v) is 6.41. The van der Waals surface area contributed by atoms with Crippen LogP contribution in [0.1, 0.15) is 37.1 Å². The third kappa shape index (κ3) is 2.40. The largest absolute Gasteiger partial charge is 0.365 e. The summed E-state index contributed by atoms with van der Waals surface area (Å²) in [6.07, 6.45) is 4.24. The molecule has 2 atom stereocenters. The zero-order valence-corrected chi connectivity index (χ0v) is 10.8. The van der Waals surface area contributed by atoms with Crippen LogP contribution in [0.2, 0.25) is 0 Å². The SMILES string of the molecule is Cc1ccc(C2CCC(C)(CBr)O2)nc1. The summed E-state index contributed by atoms with van der Waals surface area (Å²) in [6.45, 7) is 4.20. The highest BCUT2D eigenvalue weighted by molar-refractivity contribution is 9.09. The van der Waals surface area contributed by atoms with Crippen molar-refractivity contribution in [2.75, 3.05) is 5.33 Å². The minimum atomic E-state index is -0.0166. The molecule has 2 rings (SSSR count). The van der Waals surface area contributed by atoms with Crippen LogP contribution in [0, 0.1) is 6.92 Å². The minimum Gasteiger partial charge on any atom is -0.365 e. The Morgan fingerprint density at radius 2 is 2.40 bits per heavy atom. The van der Waals surface area contributed by atoms with Gasteiger partial charge >= 0.3 is 0 Å². The van der Waals surface area contributed by atoms with E-state index in [0.717, 1.165) is 23.9 Å². The number of halogens is 1. The zero-order chi connectivity index (χ0) is 10.9. The average Bonchev–Trinajstić information content (AvgIpc) is 2.63. The number of hydrogen-bond acceptors (Lipinski definition) is 2. The summed E-state index contributed by atoms with van der Waals surface area (Å²) < 4.78 is 6.01. The van der Waals surface area contributed by atoms with Crippen LogP contribution in [-0.2, 0) is 4.74 Å². The molecule has 1 aliphatic heterocycles. The second-order valence-electron chi connectivity index (χ2n) is 4.49. The Morgan fingerprint density at radius 1 is 1.60 bits per heavy atom. The Bertz CT molecular complexity index is 338. The number of aryl methyl sites for hydroxylation is 1. The van der Waals surface area contributed by atoms with Crippen molar-refractivity contribution >= 4 is 15.9 Å². The molecule has 0 aromatic carbocycles. The van der Waals surface area contributed by atoms with E-state index in [1.165, 1.54) is 5.56 Å². The Labute approximate surface area is 99.2 Å². The minimum absolute atomic E-state index is 0.0166. The molecule has 1 aliphatic rings. The van der Waals surface area contributed by atoms with Gasteiger partial charge in [0.2, 0.25) is 0 Å². The quantitative estimate of drug-likeness (QED) is 0.768. The van der Waals surface area contributed by atoms with E-state index >= 15 is 0 Å². The summed E-state index contributed by atoms with van der Waals surface area (Å²) in [5, 5.41) is 0.891. The first kappa shape index (κ1) is 11.1. The van der Waals surface area contributed by atoms with Crippen molar-refractivity contribution in [2.45, 2.75) is 38.4 Å². The van der Waals surface area contributed by atoms with Crippen molar-refractivity contribution in [1.29, 1.82) is 0 Å². The molecular weight excluding hydrogens is 254 g/mol. The number of rotatable bonds is 2. The molecule has 0 amide bonds. The van der Waals surface area contributed by atoms with Crippen LogP contribution in [0.15, 0.2) is 18.3 Å². The van der Waals surface area contributed by atoms with Gasteiger partial charge in [0.15, 0.2) is 0 Å². The van der Waals surface area contributed by atoms with Gasteiger partial charge in [0, 0.05) is 11.5 Å². The van der Waals surface area contributed by atoms with Gasteiger partial charge in [-0.05, 0) is 38.3 Å². The number of pyridine rings is 1. The molecule has 0 radical (unpaired) electrons. The summed E-state index contributed by atoms with van der Waals surface area (Å²) in [6, 6.07) is 4.16. The number of hydrogen-bond donors (Lipinski definition) is 0. The fourth-order valence-electron chi connectivity index (χ4n) is 1.87. The zero-order valence-electron chi connectivity index (χ0n) is 9.16. The summed E-state index contributed by atoms with van der Waals surface area (Å²) in [4.78, 5) is 4.42. The molecule has 2 unspecified atom stereocenters. The van der Waals surface area contributed by atoms with Crippen LogP contribution >= 0.6 is 15.9 Å². The van der Waals surface area contributed by atoms with E-state index in [-0.39, 0.29) is 11.7 Å². The molecule has 2 heterocycles. The Kier molecular flexibility index (Phi) is 3.12. The fraction of sp³-hybridized carbons (Fsp3) is 0.583. The normalized spacial score (nSPS) is 30.7. The topological polar surface area (TPSA) is 22.1 Å². The molecule has 1 aromatic rings. The highest BCUT2D eigenvalue weighted by atomic mass is 79.9. The number of nitrogens with zero attached hydrogens (tertiary/aromatic N) is 1. The summed E-state index contributed by atoms with van der Waals surface area (Å²) in [5.41, 5.74) is 2.24. The monoisotopic (exact) mass is 269 g/mol. The van der Waals surface area contributed by atoms with Gasteiger partial charge in [-0.25, -0.2) is 0 Å². The predicted octanol–water partition coefficient (Wildman–Crippen LogP) is 3.40. The molecule has 1 saturated heterocycles. The average molecular weight is 270 g/mol. The molecular formula is C12H16BrNO. The van der Waals surface area contributed by atoms with Crippen molar-refractivity contribution in [3.63, 3.8) is 0 Å². The van der Waals surface area contributed by atoms with Gasteiger partial charge in [-0.2, -0.15) is 0 Å². The van der Waals surface area contributed by atoms with Crippen molar-refractivity contribution in [1.82, 2.24) is 4.98 Å². The molecule has 1 fully saturated rings. The molecule has 0 saturated carbocycles. The van der Waals surface area contributed by atoms with Crippen LogP contribution in [0.3, 0.4) is 0 Å². The van der Waals surface area contributed by atoms with Crippen LogP contribution in [0.4, 0.5) is 0 Å². The van der Waals surface area contributed by atoms with Crippen molar-refractivity contribution < 1.29 is 4.74 Å². The van der Waals surface area contributed by atoms with E-state index in [2.05, 4.69) is 46.9 Å². The Balaban J connectivity index is 2.11. The van der Waals surface area contributed by atoms with E-state index < -0.39 is 0 Å². The number of ether oxygens (including phenoxy) is 1. The lowest BCUT2D eigenvalue weighted by molar-refractivity contribution is -0.0139. The van der Waals surface area contributed by atoms with Crippen LogP contribution < -0.4 is 0 Å². The molecule has 0 aliphatic carbocycles. The first-order chi connectivity index (χ1) is 7.13. The Hall–Kier alpha value is -0.410. The van der Waals surface area contributed by atoms with E-state index in [9.17, 15) is 0 Å². The van der Waals surface area contributed by atoms with E-state index in [0.29, 0.717) is 0 Å². The van der Waals surface area contributed by atoms with E-state index in [1.54, 1.807) is 0 Å². The van der Waals surface area contributed by atoms with Crippen LogP contribution in [-0.4, -0.2) is 15.9 Å². The van der Waals surface area contributed by atoms with Gasteiger partial charge in [0.25, 0.3) is 0 Å². The first-order valence-electron chi connectivity index (χ1n) is 5.29. The second kappa shape index (κ2) is 4.22. The second-order valence-corrected chi connectivity index (χ2v) is 5.05. The van der Waals surface area contributed by atoms with Gasteiger partial charge in [0.1, 0.15) is 6.10 Å². The van der Waals surface area contributed by atoms with Gasteiger partial charge in [-0.1, -0.05) is 22.0 Å². The van der Waals surface area contributed by atoms with Crippen molar-refractivity contribution in [3.8, 4) is 0 Å². The van der Waals surface area contributed by atoms with Crippen molar-refractivity contribution in [2.24, 2.45) is 0 Å². The fourth-order valence-corrected chi connectivity index (χ4v) is 2.29. The smallest absolute Gasteiger partial charge is 0.100 e. The molecule has 15 heavy (non-hydrogen) atoms. The lowest BCUT2D eigenvalue weighted by atomic mass is 10.0. The van der Waals surface area contributed by atoms with Gasteiger partial charge < -0.3 is 4.74 Å². The van der Waals surface area contributed by atoms with E-state index in [4.69, 9.17) is 4.74 Å². The maximum atomic E-state index is 6.01. The van der Waals surface area contributed by atoms with Gasteiger partial charge in [-0.3, -0.25) is 4.98 Å². The van der Waals surface area contributed by atoms with E-state index in [1.807, 2.05) is 6.20 Å². The van der Waals surface area contributed by atoms with Crippen molar-refractivity contribution in [3.05, 3.63) is 29.6 Å². The number of alkyl halides is 1. The lowest BCUT2D eigenvalue weighted by Crippen LogP contribution is -2.25. The maximum Gasteiger partial charge on any atom is 0.100 e. The van der Waals surface area contributed by atoms with Gasteiger partial charge in [0.05, 0.1) is 11.3 Å². The molecule has 3 heteroatoms. The standard InChI is InChI=1S/C12H16BrNO/c1-9-3-4-10(14-7-9)11-5-6-12(2,8-13)15-11/h3-4,7,11H,5-6,8H2,1-2H3. The highest BCUT2D eigenvalue weighted by Gasteiger charge is 2.36. The van der Waals surface area contributed by atoms with Gasteiger partial charge in [-0.15, -0.1) is 0 Å². The van der Waals surface area contributed by atoms with Crippen LogP contribution in [0.25, 0.3) is 0 Å². The molecule has 82 valence electrons. The maximum absolute atomic E-state index is 6.01.